The van der Waals surface area contributed by atoms with Crippen LogP contribution in [0.1, 0.15) is 13.3 Å². The van der Waals surface area contributed by atoms with E-state index in [1.54, 1.807) is 6.08 Å². The molecule has 0 aromatic carbocycles. The summed E-state index contributed by atoms with van der Waals surface area (Å²) in [6.45, 7) is 1.88. The van der Waals surface area contributed by atoms with Gasteiger partial charge in [-0.2, -0.15) is 0 Å². The van der Waals surface area contributed by atoms with Crippen LogP contribution in [-0.4, -0.2) is 15.5 Å². The van der Waals surface area contributed by atoms with Crippen molar-refractivity contribution in [1.82, 2.24) is 4.72 Å². The summed E-state index contributed by atoms with van der Waals surface area (Å²) in [7, 11) is -1.73. The minimum Gasteiger partial charge on any atom is -0.215 e. The predicted octanol–water partition coefficient (Wildman–Crippen LogP) is 0.459. The van der Waals surface area contributed by atoms with E-state index in [4.69, 9.17) is 0 Å². The maximum absolute atomic E-state index is 10.6. The third kappa shape index (κ3) is 4.17. The molecule has 0 radical (unpaired) electrons. The fraction of sp³-hybridized carbons (Fsp3) is 0.600. The highest BCUT2D eigenvalue weighted by atomic mass is 32.2. The molecule has 1 N–H and O–H groups in total. The van der Waals surface area contributed by atoms with Gasteiger partial charge in [-0.3, -0.25) is 0 Å². The van der Waals surface area contributed by atoms with Crippen molar-refractivity contribution in [2.24, 2.45) is 0 Å². The Balaban J connectivity index is 4.04. The molecule has 0 amide bonds. The molecule has 0 heterocycles. The van der Waals surface area contributed by atoms with E-state index in [0.29, 0.717) is 0 Å². The average Bonchev–Trinajstić information content (AvgIpc) is 1.84. The minimum absolute atomic E-state index is 0.737. The molecular weight excluding hydrogens is 138 g/mol. The monoisotopic (exact) mass is 149 g/mol. The molecule has 4 heteroatoms. The fourth-order valence-electron chi connectivity index (χ4n) is 0.291. The molecular formula is C5H11NO2S. The number of allylic oxidation sites excluding steroid dienone is 1. The van der Waals surface area contributed by atoms with E-state index < -0.39 is 10.0 Å². The Morgan fingerprint density at radius 1 is 1.56 bits per heavy atom. The summed E-state index contributed by atoms with van der Waals surface area (Å²) in [5.41, 5.74) is 0. The van der Waals surface area contributed by atoms with Gasteiger partial charge in [-0.25, -0.2) is 13.1 Å². The summed E-state index contributed by atoms with van der Waals surface area (Å²) in [5, 5.41) is 1.16. The molecule has 0 atom stereocenters. The quantitative estimate of drug-likeness (QED) is 0.633. The average molecular weight is 149 g/mol. The normalized spacial score (nSPS) is 12.7. The highest BCUT2D eigenvalue weighted by molar-refractivity contribution is 7.92. The predicted molar refractivity (Wildman–Crippen MR) is 37.4 cm³/mol. The van der Waals surface area contributed by atoms with E-state index in [1.165, 1.54) is 7.05 Å². The van der Waals surface area contributed by atoms with Gasteiger partial charge in [0.2, 0.25) is 10.0 Å². The summed E-state index contributed by atoms with van der Waals surface area (Å²) >= 11 is 0. The second kappa shape index (κ2) is 3.63. The Kier molecular flexibility index (Phi) is 3.49. The van der Waals surface area contributed by atoms with Gasteiger partial charge in [0.1, 0.15) is 0 Å². The van der Waals surface area contributed by atoms with Crippen LogP contribution >= 0.6 is 0 Å². The van der Waals surface area contributed by atoms with Crippen LogP contribution < -0.4 is 4.72 Å². The number of hydrogen-bond acceptors (Lipinski definition) is 2. The molecule has 0 unspecified atom stereocenters. The Labute approximate surface area is 55.8 Å². The summed E-state index contributed by atoms with van der Waals surface area (Å²) in [6, 6.07) is 0. The van der Waals surface area contributed by atoms with Crippen LogP contribution in [0.4, 0.5) is 0 Å². The second-order valence-corrected chi connectivity index (χ2v) is 3.30. The zero-order valence-electron chi connectivity index (χ0n) is 5.59. The molecule has 0 aromatic heterocycles. The minimum atomic E-state index is -3.11. The second-order valence-electron chi connectivity index (χ2n) is 1.53. The maximum Gasteiger partial charge on any atom is 0.233 e. The summed E-state index contributed by atoms with van der Waals surface area (Å²) in [6.07, 6.45) is 2.33. The maximum atomic E-state index is 10.6. The molecule has 0 aliphatic carbocycles. The van der Waals surface area contributed by atoms with E-state index in [1.807, 2.05) is 6.92 Å². The molecule has 0 saturated carbocycles. The van der Waals surface area contributed by atoms with Crippen LogP contribution in [0.5, 0.6) is 0 Å². The fourth-order valence-corrected chi connectivity index (χ4v) is 0.873. The lowest BCUT2D eigenvalue weighted by Crippen LogP contribution is -2.14. The molecule has 0 bridgehead atoms. The van der Waals surface area contributed by atoms with Crippen molar-refractivity contribution < 1.29 is 8.42 Å². The smallest absolute Gasteiger partial charge is 0.215 e. The molecule has 0 aliphatic rings. The number of rotatable bonds is 3. The Morgan fingerprint density at radius 3 is 2.44 bits per heavy atom. The van der Waals surface area contributed by atoms with Gasteiger partial charge in [-0.15, -0.1) is 0 Å². The lowest BCUT2D eigenvalue weighted by molar-refractivity contribution is 0.597. The third-order valence-corrected chi connectivity index (χ3v) is 1.92. The first-order valence-electron chi connectivity index (χ1n) is 2.72. The highest BCUT2D eigenvalue weighted by Gasteiger charge is 1.95. The van der Waals surface area contributed by atoms with Crippen LogP contribution in [0, 0.1) is 0 Å². The van der Waals surface area contributed by atoms with E-state index >= 15 is 0 Å². The Hall–Kier alpha value is -0.350. The van der Waals surface area contributed by atoms with E-state index in [-0.39, 0.29) is 0 Å². The van der Waals surface area contributed by atoms with Gasteiger partial charge in [-0.1, -0.05) is 13.0 Å². The van der Waals surface area contributed by atoms with Crippen LogP contribution in [0.25, 0.3) is 0 Å². The van der Waals surface area contributed by atoms with Crippen LogP contribution in [-0.2, 0) is 10.0 Å². The van der Waals surface area contributed by atoms with Crippen molar-refractivity contribution in [3.63, 3.8) is 0 Å². The molecule has 0 fully saturated rings. The zero-order chi connectivity index (χ0) is 7.33. The van der Waals surface area contributed by atoms with Gasteiger partial charge in [0, 0.05) is 5.41 Å². The van der Waals surface area contributed by atoms with Crippen LogP contribution in [0.3, 0.4) is 0 Å². The number of nitrogens with one attached hydrogen (secondary N) is 1. The van der Waals surface area contributed by atoms with Crippen molar-refractivity contribution in [2.45, 2.75) is 13.3 Å². The molecule has 0 spiro atoms. The molecule has 0 rings (SSSR count). The summed E-state index contributed by atoms with van der Waals surface area (Å²) in [5.74, 6) is 0. The topological polar surface area (TPSA) is 46.2 Å². The van der Waals surface area contributed by atoms with Crippen molar-refractivity contribution >= 4 is 10.0 Å². The van der Waals surface area contributed by atoms with Gasteiger partial charge in [-0.05, 0) is 13.5 Å². The van der Waals surface area contributed by atoms with Gasteiger partial charge in [0.25, 0.3) is 0 Å². The Bertz CT molecular complexity index is 181. The van der Waals surface area contributed by atoms with Gasteiger partial charge >= 0.3 is 0 Å². The highest BCUT2D eigenvalue weighted by Crippen LogP contribution is 1.86. The van der Waals surface area contributed by atoms with Crippen molar-refractivity contribution in [3.8, 4) is 0 Å². The first kappa shape index (κ1) is 8.65. The van der Waals surface area contributed by atoms with E-state index in [2.05, 4.69) is 4.72 Å². The molecule has 3 nitrogen and oxygen atoms in total. The van der Waals surface area contributed by atoms with Gasteiger partial charge < -0.3 is 0 Å². The SMILES string of the molecule is CCC=CS(=O)(=O)NC. The van der Waals surface area contributed by atoms with Crippen molar-refractivity contribution in [1.29, 1.82) is 0 Å². The van der Waals surface area contributed by atoms with Crippen LogP contribution in [0.2, 0.25) is 0 Å². The van der Waals surface area contributed by atoms with Crippen molar-refractivity contribution in [3.05, 3.63) is 11.5 Å². The largest absolute Gasteiger partial charge is 0.233 e. The first-order valence-corrected chi connectivity index (χ1v) is 4.27. The molecule has 0 aliphatic heterocycles. The van der Waals surface area contributed by atoms with Crippen LogP contribution in [0.15, 0.2) is 11.5 Å². The van der Waals surface area contributed by atoms with Gasteiger partial charge in [0.15, 0.2) is 0 Å². The molecule has 54 valence electrons. The van der Waals surface area contributed by atoms with Gasteiger partial charge in [0.05, 0.1) is 0 Å². The molecule has 0 aromatic rings. The Morgan fingerprint density at radius 2 is 2.11 bits per heavy atom. The number of sulfonamides is 1. The lowest BCUT2D eigenvalue weighted by atomic mass is 10.5. The molecule has 0 saturated heterocycles. The van der Waals surface area contributed by atoms with Crippen molar-refractivity contribution in [2.75, 3.05) is 7.05 Å². The number of hydrogen-bond donors (Lipinski definition) is 1. The van der Waals surface area contributed by atoms with E-state index in [0.717, 1.165) is 11.8 Å². The standard InChI is InChI=1S/C5H11NO2S/c1-3-4-5-9(7,8)6-2/h4-6H,3H2,1-2H3. The first-order chi connectivity index (χ1) is 4.12. The zero-order valence-corrected chi connectivity index (χ0v) is 6.40. The molecule has 9 heavy (non-hydrogen) atoms. The van der Waals surface area contributed by atoms with E-state index in [9.17, 15) is 8.42 Å². The summed E-state index contributed by atoms with van der Waals surface area (Å²) < 4.78 is 23.3. The lowest BCUT2D eigenvalue weighted by Gasteiger charge is -1.90. The third-order valence-electron chi connectivity index (χ3n) is 0.796. The summed E-state index contributed by atoms with van der Waals surface area (Å²) in [4.78, 5) is 0.